The normalized spacial score (nSPS) is 15.8. The summed E-state index contributed by atoms with van der Waals surface area (Å²) in [6.45, 7) is 1.08. The zero-order valence-electron chi connectivity index (χ0n) is 8.04. The van der Waals surface area contributed by atoms with E-state index >= 15 is 0 Å². The van der Waals surface area contributed by atoms with Crippen LogP contribution in [-0.4, -0.2) is 37.2 Å². The van der Waals surface area contributed by atoms with Gasteiger partial charge in [0.05, 0.1) is 12.9 Å². The molecule has 1 fully saturated rings. The van der Waals surface area contributed by atoms with E-state index in [9.17, 15) is 4.79 Å². The first-order chi connectivity index (χ1) is 6.33. The Balaban J connectivity index is 1.75. The standard InChI is InChI=1S/C9H17NO2S/c1-12-9(11)7-13-6-2-5-10-8-3-4-8/h8,10H,2-7H2,1H3. The molecule has 76 valence electrons. The average Bonchev–Trinajstić information content (AvgIpc) is 2.94. The lowest BCUT2D eigenvalue weighted by Crippen LogP contribution is -2.18. The first-order valence-electron chi connectivity index (χ1n) is 4.71. The van der Waals surface area contributed by atoms with Crippen molar-refractivity contribution in [3.05, 3.63) is 0 Å². The number of hydrogen-bond donors (Lipinski definition) is 1. The number of nitrogens with one attached hydrogen (secondary N) is 1. The van der Waals surface area contributed by atoms with Crippen LogP contribution in [0.25, 0.3) is 0 Å². The average molecular weight is 203 g/mol. The zero-order chi connectivity index (χ0) is 9.52. The molecule has 13 heavy (non-hydrogen) atoms. The molecule has 0 radical (unpaired) electrons. The Morgan fingerprint density at radius 3 is 3.00 bits per heavy atom. The molecule has 1 rings (SSSR count). The van der Waals surface area contributed by atoms with E-state index in [-0.39, 0.29) is 5.97 Å². The first-order valence-corrected chi connectivity index (χ1v) is 5.86. The van der Waals surface area contributed by atoms with E-state index in [0.717, 1.165) is 24.8 Å². The predicted octanol–water partition coefficient (Wildman–Crippen LogP) is 1.03. The summed E-state index contributed by atoms with van der Waals surface area (Å²) in [5, 5.41) is 3.43. The first kappa shape index (κ1) is 10.9. The summed E-state index contributed by atoms with van der Waals surface area (Å²) in [5.74, 6) is 1.40. The molecule has 0 aliphatic heterocycles. The van der Waals surface area contributed by atoms with Crippen molar-refractivity contribution in [2.45, 2.75) is 25.3 Å². The zero-order valence-corrected chi connectivity index (χ0v) is 8.86. The van der Waals surface area contributed by atoms with Gasteiger partial charge in [0.15, 0.2) is 0 Å². The minimum Gasteiger partial charge on any atom is -0.468 e. The van der Waals surface area contributed by atoms with Gasteiger partial charge in [0, 0.05) is 6.04 Å². The summed E-state index contributed by atoms with van der Waals surface area (Å²) in [6, 6.07) is 0.797. The summed E-state index contributed by atoms with van der Waals surface area (Å²) in [5.41, 5.74) is 0. The smallest absolute Gasteiger partial charge is 0.315 e. The van der Waals surface area contributed by atoms with Crippen molar-refractivity contribution < 1.29 is 9.53 Å². The second-order valence-electron chi connectivity index (χ2n) is 3.21. The van der Waals surface area contributed by atoms with Crippen LogP contribution in [0, 0.1) is 0 Å². The van der Waals surface area contributed by atoms with Crippen molar-refractivity contribution in [2.24, 2.45) is 0 Å². The summed E-state index contributed by atoms with van der Waals surface area (Å²) in [7, 11) is 1.43. The van der Waals surface area contributed by atoms with Crippen LogP contribution in [0.2, 0.25) is 0 Å². The maximum absolute atomic E-state index is 10.7. The van der Waals surface area contributed by atoms with Gasteiger partial charge in [-0.2, -0.15) is 11.8 Å². The molecule has 1 aliphatic rings. The number of carbonyl (C=O) groups is 1. The van der Waals surface area contributed by atoms with Crippen molar-refractivity contribution in [3.63, 3.8) is 0 Å². The van der Waals surface area contributed by atoms with E-state index < -0.39 is 0 Å². The number of hydrogen-bond acceptors (Lipinski definition) is 4. The van der Waals surface area contributed by atoms with Crippen molar-refractivity contribution in [2.75, 3.05) is 25.2 Å². The van der Waals surface area contributed by atoms with Crippen molar-refractivity contribution in [3.8, 4) is 0 Å². The predicted molar refractivity (Wildman–Crippen MR) is 55.0 cm³/mol. The molecule has 4 heteroatoms. The van der Waals surface area contributed by atoms with Crippen molar-refractivity contribution in [1.82, 2.24) is 5.32 Å². The highest BCUT2D eigenvalue weighted by Gasteiger charge is 2.19. The molecule has 0 unspecified atom stereocenters. The second-order valence-corrected chi connectivity index (χ2v) is 4.32. The highest BCUT2D eigenvalue weighted by molar-refractivity contribution is 7.99. The summed E-state index contributed by atoms with van der Waals surface area (Å²) in [4.78, 5) is 10.7. The Kier molecular flexibility index (Phi) is 5.23. The third kappa shape index (κ3) is 5.93. The fraction of sp³-hybridized carbons (Fsp3) is 0.889. The van der Waals surface area contributed by atoms with Crippen LogP contribution in [0.5, 0.6) is 0 Å². The molecule has 0 aromatic rings. The molecular formula is C9H17NO2S. The molecule has 0 aromatic carbocycles. The number of ether oxygens (including phenoxy) is 1. The number of rotatable bonds is 7. The molecule has 0 saturated heterocycles. The Bertz CT molecular complexity index is 160. The molecule has 1 aliphatic carbocycles. The van der Waals surface area contributed by atoms with Gasteiger partial charge >= 0.3 is 5.97 Å². The van der Waals surface area contributed by atoms with Gasteiger partial charge in [-0.25, -0.2) is 0 Å². The fourth-order valence-corrected chi connectivity index (χ4v) is 1.76. The Morgan fingerprint density at radius 1 is 1.62 bits per heavy atom. The van der Waals surface area contributed by atoms with Crippen LogP contribution in [0.15, 0.2) is 0 Å². The quantitative estimate of drug-likeness (QED) is 0.495. The number of carbonyl (C=O) groups excluding carboxylic acids is 1. The fourth-order valence-electron chi connectivity index (χ4n) is 0.982. The van der Waals surface area contributed by atoms with E-state index in [1.54, 1.807) is 11.8 Å². The molecule has 0 spiro atoms. The molecule has 3 nitrogen and oxygen atoms in total. The van der Waals surface area contributed by atoms with E-state index in [1.165, 1.54) is 20.0 Å². The maximum Gasteiger partial charge on any atom is 0.315 e. The Hall–Kier alpha value is -0.220. The molecule has 0 heterocycles. The molecule has 0 aromatic heterocycles. The van der Waals surface area contributed by atoms with Gasteiger partial charge in [-0.05, 0) is 31.6 Å². The summed E-state index contributed by atoms with van der Waals surface area (Å²) in [6.07, 6.45) is 3.82. The van der Waals surface area contributed by atoms with Crippen LogP contribution in [0.3, 0.4) is 0 Å². The minimum absolute atomic E-state index is 0.125. The van der Waals surface area contributed by atoms with Crippen LogP contribution < -0.4 is 5.32 Å². The maximum atomic E-state index is 10.7. The largest absolute Gasteiger partial charge is 0.468 e. The molecule has 1 N–H and O–H groups in total. The van der Waals surface area contributed by atoms with Gasteiger partial charge in [0.25, 0.3) is 0 Å². The summed E-state index contributed by atoms with van der Waals surface area (Å²) >= 11 is 1.64. The second kappa shape index (κ2) is 6.27. The third-order valence-electron chi connectivity index (χ3n) is 1.92. The van der Waals surface area contributed by atoms with Gasteiger partial charge in [0.1, 0.15) is 0 Å². The number of esters is 1. The Labute approximate surface area is 83.6 Å². The lowest BCUT2D eigenvalue weighted by Gasteiger charge is -2.01. The van der Waals surface area contributed by atoms with E-state index in [0.29, 0.717) is 5.75 Å². The van der Waals surface area contributed by atoms with Crippen LogP contribution >= 0.6 is 11.8 Å². The molecule has 0 amide bonds. The van der Waals surface area contributed by atoms with Crippen molar-refractivity contribution >= 4 is 17.7 Å². The highest BCUT2D eigenvalue weighted by atomic mass is 32.2. The molecule has 1 saturated carbocycles. The lowest BCUT2D eigenvalue weighted by atomic mass is 10.5. The van der Waals surface area contributed by atoms with Gasteiger partial charge in [0.2, 0.25) is 0 Å². The molecular weight excluding hydrogens is 186 g/mol. The minimum atomic E-state index is -0.125. The van der Waals surface area contributed by atoms with Crippen molar-refractivity contribution in [1.29, 1.82) is 0 Å². The summed E-state index contributed by atoms with van der Waals surface area (Å²) < 4.78 is 4.53. The van der Waals surface area contributed by atoms with E-state index in [1.807, 2.05) is 0 Å². The topological polar surface area (TPSA) is 38.3 Å². The molecule has 0 bridgehead atoms. The number of methoxy groups -OCH3 is 1. The van der Waals surface area contributed by atoms with Gasteiger partial charge in [-0.15, -0.1) is 0 Å². The van der Waals surface area contributed by atoms with E-state index in [2.05, 4.69) is 10.1 Å². The lowest BCUT2D eigenvalue weighted by molar-refractivity contribution is -0.137. The Morgan fingerprint density at radius 2 is 2.38 bits per heavy atom. The number of thioether (sulfide) groups is 1. The van der Waals surface area contributed by atoms with Crippen LogP contribution in [-0.2, 0) is 9.53 Å². The third-order valence-corrected chi connectivity index (χ3v) is 2.94. The highest BCUT2D eigenvalue weighted by Crippen LogP contribution is 2.18. The van der Waals surface area contributed by atoms with Gasteiger partial charge in [-0.3, -0.25) is 4.79 Å². The SMILES string of the molecule is COC(=O)CSCCCNC1CC1. The van der Waals surface area contributed by atoms with E-state index in [4.69, 9.17) is 0 Å². The molecule has 0 atom stereocenters. The van der Waals surface area contributed by atoms with Crippen LogP contribution in [0.4, 0.5) is 0 Å². The monoisotopic (exact) mass is 203 g/mol. The van der Waals surface area contributed by atoms with Gasteiger partial charge < -0.3 is 10.1 Å². The van der Waals surface area contributed by atoms with Crippen LogP contribution in [0.1, 0.15) is 19.3 Å². The van der Waals surface area contributed by atoms with Gasteiger partial charge in [-0.1, -0.05) is 0 Å².